The summed E-state index contributed by atoms with van der Waals surface area (Å²) in [7, 11) is 0. The summed E-state index contributed by atoms with van der Waals surface area (Å²) < 4.78 is 2.38. The number of aromatic nitrogens is 1. The minimum absolute atomic E-state index is 1.10. The molecule has 8 aromatic carbocycles. The number of benzene rings is 8. The van der Waals surface area contributed by atoms with Gasteiger partial charge < -0.3 is 9.47 Å². The molecule has 2 nitrogen and oxygen atoms in total. The summed E-state index contributed by atoms with van der Waals surface area (Å²) in [6.07, 6.45) is 0. The monoisotopic (exact) mass is 612 g/mol. The first kappa shape index (κ1) is 27.9. The summed E-state index contributed by atoms with van der Waals surface area (Å²) in [5.41, 5.74) is 11.7. The second-order valence-electron chi connectivity index (χ2n) is 12.2. The van der Waals surface area contributed by atoms with Crippen molar-refractivity contribution in [2.45, 2.75) is 0 Å². The van der Waals surface area contributed by atoms with E-state index in [2.05, 4.69) is 204 Å². The van der Waals surface area contributed by atoms with Crippen LogP contribution in [0.4, 0.5) is 17.1 Å². The van der Waals surface area contributed by atoms with Crippen LogP contribution in [0, 0.1) is 0 Å². The highest BCUT2D eigenvalue weighted by Crippen LogP contribution is 2.39. The molecule has 0 spiro atoms. The Morgan fingerprint density at radius 1 is 0.333 bits per heavy atom. The summed E-state index contributed by atoms with van der Waals surface area (Å²) >= 11 is 0. The van der Waals surface area contributed by atoms with Crippen LogP contribution >= 0.6 is 0 Å². The van der Waals surface area contributed by atoms with E-state index in [-0.39, 0.29) is 0 Å². The summed E-state index contributed by atoms with van der Waals surface area (Å²) in [4.78, 5) is 2.36. The molecule has 0 aliphatic heterocycles. The Morgan fingerprint density at radius 2 is 0.854 bits per heavy atom. The van der Waals surface area contributed by atoms with Gasteiger partial charge in [0, 0.05) is 33.5 Å². The third-order valence-corrected chi connectivity index (χ3v) is 9.38. The first-order valence-corrected chi connectivity index (χ1v) is 16.4. The van der Waals surface area contributed by atoms with Crippen molar-refractivity contribution in [2.75, 3.05) is 4.90 Å². The van der Waals surface area contributed by atoms with Crippen molar-refractivity contribution in [2.24, 2.45) is 0 Å². The Morgan fingerprint density at radius 3 is 1.54 bits per heavy atom. The molecule has 48 heavy (non-hydrogen) atoms. The molecule has 0 N–H and O–H groups in total. The van der Waals surface area contributed by atoms with E-state index < -0.39 is 0 Å². The molecule has 0 atom stereocenters. The van der Waals surface area contributed by atoms with Gasteiger partial charge in [0.25, 0.3) is 0 Å². The molecule has 0 aliphatic rings. The molecule has 0 amide bonds. The van der Waals surface area contributed by atoms with E-state index in [0.29, 0.717) is 0 Å². The average molecular weight is 613 g/mol. The van der Waals surface area contributed by atoms with Gasteiger partial charge in [-0.15, -0.1) is 0 Å². The van der Waals surface area contributed by atoms with Gasteiger partial charge in [0.1, 0.15) is 0 Å². The Balaban J connectivity index is 1.19. The van der Waals surface area contributed by atoms with Gasteiger partial charge in [0.05, 0.1) is 11.0 Å². The Labute approximate surface area is 280 Å². The van der Waals surface area contributed by atoms with Crippen molar-refractivity contribution in [1.82, 2.24) is 4.57 Å². The normalized spacial score (nSPS) is 11.3. The van der Waals surface area contributed by atoms with Crippen LogP contribution in [-0.2, 0) is 0 Å². The number of hydrogen-bond donors (Lipinski definition) is 0. The lowest BCUT2D eigenvalue weighted by molar-refractivity contribution is 1.17. The number of para-hydroxylation sites is 2. The van der Waals surface area contributed by atoms with Gasteiger partial charge in [-0.3, -0.25) is 0 Å². The molecular formula is C46H32N2. The molecule has 0 saturated carbocycles. The van der Waals surface area contributed by atoms with E-state index in [0.717, 1.165) is 22.7 Å². The Bertz CT molecular complexity index is 2480. The van der Waals surface area contributed by atoms with Gasteiger partial charge in [-0.25, -0.2) is 0 Å². The SMILES string of the molecule is c1ccc(-c2ccc(N(c3ccc(-c4cccc5ccccc45)cc3)c3cccc(-n4c5ccccc5c5ccccc54)c3)cc2)cc1. The van der Waals surface area contributed by atoms with Gasteiger partial charge >= 0.3 is 0 Å². The molecule has 0 saturated heterocycles. The number of anilines is 3. The minimum atomic E-state index is 1.10. The van der Waals surface area contributed by atoms with E-state index in [1.54, 1.807) is 0 Å². The van der Waals surface area contributed by atoms with Crippen LogP contribution in [0.25, 0.3) is 60.5 Å². The van der Waals surface area contributed by atoms with Gasteiger partial charge in [-0.2, -0.15) is 0 Å². The molecule has 1 heterocycles. The third kappa shape index (κ3) is 4.83. The van der Waals surface area contributed by atoms with Crippen LogP contribution in [0.2, 0.25) is 0 Å². The molecule has 1 aromatic heterocycles. The van der Waals surface area contributed by atoms with E-state index >= 15 is 0 Å². The van der Waals surface area contributed by atoms with Crippen LogP contribution in [0.5, 0.6) is 0 Å². The van der Waals surface area contributed by atoms with E-state index in [4.69, 9.17) is 0 Å². The molecule has 226 valence electrons. The molecule has 0 unspecified atom stereocenters. The van der Waals surface area contributed by atoms with Crippen LogP contribution < -0.4 is 4.90 Å². The van der Waals surface area contributed by atoms with E-state index in [9.17, 15) is 0 Å². The predicted octanol–water partition coefficient (Wildman–Crippen LogP) is 12.7. The first-order chi connectivity index (χ1) is 23.8. The average Bonchev–Trinajstić information content (AvgIpc) is 3.50. The smallest absolute Gasteiger partial charge is 0.0541 e. The fourth-order valence-corrected chi connectivity index (χ4v) is 7.12. The summed E-state index contributed by atoms with van der Waals surface area (Å²) in [5.74, 6) is 0. The Kier molecular flexibility index (Phi) is 6.84. The zero-order valence-electron chi connectivity index (χ0n) is 26.4. The standard InChI is InChI=1S/C46H32N2/c1-2-12-33(13-3-1)34-24-28-37(29-25-34)47(38-30-26-36(27-31-38)42-21-10-15-35-14-4-5-18-41(35)42)39-16-11-17-40(32-39)48-45-22-8-6-19-43(45)44-20-7-9-23-46(44)48/h1-32H. The van der Waals surface area contributed by atoms with Crippen LogP contribution in [-0.4, -0.2) is 4.57 Å². The molecule has 0 radical (unpaired) electrons. The van der Waals surface area contributed by atoms with Crippen LogP contribution in [0.1, 0.15) is 0 Å². The summed E-state index contributed by atoms with van der Waals surface area (Å²) in [5, 5.41) is 5.04. The molecule has 0 fully saturated rings. The highest BCUT2D eigenvalue weighted by Gasteiger charge is 2.17. The second kappa shape index (κ2) is 11.8. The third-order valence-electron chi connectivity index (χ3n) is 9.38. The fraction of sp³-hybridized carbons (Fsp3) is 0. The number of rotatable bonds is 6. The largest absolute Gasteiger partial charge is 0.310 e. The first-order valence-electron chi connectivity index (χ1n) is 16.4. The van der Waals surface area contributed by atoms with Crippen LogP contribution in [0.15, 0.2) is 194 Å². The predicted molar refractivity (Wildman–Crippen MR) is 204 cm³/mol. The number of fused-ring (bicyclic) bond motifs is 4. The quantitative estimate of drug-likeness (QED) is 0.181. The molecule has 2 heteroatoms. The second-order valence-corrected chi connectivity index (χ2v) is 12.2. The lowest BCUT2D eigenvalue weighted by atomic mass is 9.98. The lowest BCUT2D eigenvalue weighted by Gasteiger charge is -2.26. The maximum Gasteiger partial charge on any atom is 0.0541 e. The fourth-order valence-electron chi connectivity index (χ4n) is 7.12. The van der Waals surface area contributed by atoms with Gasteiger partial charge in [-0.05, 0) is 87.6 Å². The van der Waals surface area contributed by atoms with Crippen molar-refractivity contribution < 1.29 is 0 Å². The van der Waals surface area contributed by atoms with E-state index in [1.165, 1.54) is 54.8 Å². The molecule has 9 rings (SSSR count). The lowest BCUT2D eigenvalue weighted by Crippen LogP contribution is -2.10. The van der Waals surface area contributed by atoms with Crippen molar-refractivity contribution >= 4 is 49.6 Å². The van der Waals surface area contributed by atoms with Crippen molar-refractivity contribution in [3.05, 3.63) is 194 Å². The van der Waals surface area contributed by atoms with E-state index in [1.807, 2.05) is 0 Å². The Hall–Kier alpha value is -6.38. The molecule has 0 aliphatic carbocycles. The van der Waals surface area contributed by atoms with Crippen molar-refractivity contribution in [3.8, 4) is 27.9 Å². The van der Waals surface area contributed by atoms with Crippen molar-refractivity contribution in [3.63, 3.8) is 0 Å². The summed E-state index contributed by atoms with van der Waals surface area (Å²) in [6.45, 7) is 0. The van der Waals surface area contributed by atoms with Crippen molar-refractivity contribution in [1.29, 1.82) is 0 Å². The highest BCUT2D eigenvalue weighted by atomic mass is 15.1. The maximum absolute atomic E-state index is 2.38. The zero-order valence-corrected chi connectivity index (χ0v) is 26.4. The summed E-state index contributed by atoms with van der Waals surface area (Å²) in [6, 6.07) is 69.9. The van der Waals surface area contributed by atoms with Gasteiger partial charge in [-0.1, -0.05) is 140 Å². The maximum atomic E-state index is 2.38. The minimum Gasteiger partial charge on any atom is -0.310 e. The van der Waals surface area contributed by atoms with Gasteiger partial charge in [0.2, 0.25) is 0 Å². The zero-order chi connectivity index (χ0) is 31.9. The highest BCUT2D eigenvalue weighted by molar-refractivity contribution is 6.09. The van der Waals surface area contributed by atoms with Crippen LogP contribution in [0.3, 0.4) is 0 Å². The molecule has 9 aromatic rings. The topological polar surface area (TPSA) is 8.17 Å². The number of hydrogen-bond acceptors (Lipinski definition) is 1. The molecular weight excluding hydrogens is 581 g/mol. The number of nitrogens with zero attached hydrogens (tertiary/aromatic N) is 2. The van der Waals surface area contributed by atoms with Gasteiger partial charge in [0.15, 0.2) is 0 Å². The molecule has 0 bridgehead atoms.